The molecule has 150 valence electrons. The fourth-order valence-electron chi connectivity index (χ4n) is 2.74. The molecule has 2 N–H and O–H groups in total. The first-order chi connectivity index (χ1) is 13.3. The van der Waals surface area contributed by atoms with Crippen molar-refractivity contribution in [1.82, 2.24) is 5.32 Å². The summed E-state index contributed by atoms with van der Waals surface area (Å²) in [4.78, 5) is 27.3. The third-order valence-electron chi connectivity index (χ3n) is 4.76. The van der Waals surface area contributed by atoms with Crippen molar-refractivity contribution in [2.24, 2.45) is 5.41 Å². The monoisotopic (exact) mass is 385 g/mol. The Morgan fingerprint density at radius 1 is 0.929 bits per heavy atom. The number of rotatable bonds is 8. The number of anilines is 2. The highest BCUT2D eigenvalue weighted by Gasteiger charge is 2.35. The van der Waals surface area contributed by atoms with Gasteiger partial charge in [-0.05, 0) is 69.7 Å². The van der Waals surface area contributed by atoms with Crippen LogP contribution in [0.5, 0.6) is 0 Å². The van der Waals surface area contributed by atoms with Crippen molar-refractivity contribution in [3.8, 4) is 0 Å². The summed E-state index contributed by atoms with van der Waals surface area (Å²) < 4.78 is 13.0. The molecular formula is C22H28FN3O2. The van der Waals surface area contributed by atoms with Gasteiger partial charge in [-0.1, -0.05) is 12.1 Å². The van der Waals surface area contributed by atoms with Crippen LogP contribution < -0.4 is 15.5 Å². The van der Waals surface area contributed by atoms with Gasteiger partial charge in [-0.15, -0.1) is 0 Å². The Morgan fingerprint density at radius 2 is 1.50 bits per heavy atom. The summed E-state index contributed by atoms with van der Waals surface area (Å²) in [6.07, 6.45) is 0. The van der Waals surface area contributed by atoms with Gasteiger partial charge in [0.15, 0.2) is 0 Å². The van der Waals surface area contributed by atoms with E-state index in [9.17, 15) is 14.0 Å². The van der Waals surface area contributed by atoms with Crippen LogP contribution in [-0.4, -0.2) is 24.9 Å². The molecule has 6 heteroatoms. The van der Waals surface area contributed by atoms with Crippen LogP contribution in [0.2, 0.25) is 0 Å². The average Bonchev–Trinajstić information content (AvgIpc) is 2.69. The second kappa shape index (κ2) is 9.35. The zero-order valence-electron chi connectivity index (χ0n) is 16.9. The summed E-state index contributed by atoms with van der Waals surface area (Å²) in [7, 11) is 0. The van der Waals surface area contributed by atoms with Crippen LogP contribution >= 0.6 is 0 Å². The van der Waals surface area contributed by atoms with E-state index in [1.807, 2.05) is 24.3 Å². The number of hydrogen-bond acceptors (Lipinski definition) is 3. The van der Waals surface area contributed by atoms with Gasteiger partial charge in [-0.2, -0.15) is 0 Å². The van der Waals surface area contributed by atoms with Crippen molar-refractivity contribution in [3.05, 3.63) is 59.9 Å². The second-order valence-electron chi connectivity index (χ2n) is 7.11. The molecule has 2 aromatic rings. The van der Waals surface area contributed by atoms with E-state index in [4.69, 9.17) is 0 Å². The molecule has 0 bridgehead atoms. The minimum absolute atomic E-state index is 0.231. The predicted octanol–water partition coefficient (Wildman–Crippen LogP) is 3.95. The number of carbonyl (C=O) groups is 2. The maximum absolute atomic E-state index is 13.0. The summed E-state index contributed by atoms with van der Waals surface area (Å²) in [5.41, 5.74) is 1.23. The maximum Gasteiger partial charge on any atom is 0.239 e. The summed E-state index contributed by atoms with van der Waals surface area (Å²) in [6, 6.07) is 13.4. The average molecular weight is 385 g/mol. The summed E-state index contributed by atoms with van der Waals surface area (Å²) in [5, 5.41) is 5.54. The molecule has 2 aromatic carbocycles. The van der Waals surface area contributed by atoms with Gasteiger partial charge in [0.1, 0.15) is 11.2 Å². The zero-order chi connectivity index (χ0) is 20.7. The van der Waals surface area contributed by atoms with Gasteiger partial charge in [0.2, 0.25) is 11.8 Å². The highest BCUT2D eigenvalue weighted by Crippen LogP contribution is 2.22. The number of nitrogens with one attached hydrogen (secondary N) is 2. The van der Waals surface area contributed by atoms with Gasteiger partial charge in [0.25, 0.3) is 0 Å². The molecule has 28 heavy (non-hydrogen) atoms. The molecule has 0 aromatic heterocycles. The molecule has 0 aliphatic heterocycles. The zero-order valence-corrected chi connectivity index (χ0v) is 16.9. The fraction of sp³-hybridized carbons (Fsp3) is 0.364. The molecule has 2 amide bonds. The lowest BCUT2D eigenvalue weighted by Crippen LogP contribution is -2.44. The molecule has 0 saturated heterocycles. The number of amides is 2. The molecule has 0 aliphatic rings. The van der Waals surface area contributed by atoms with Crippen LogP contribution in [0.1, 0.15) is 33.3 Å². The van der Waals surface area contributed by atoms with Gasteiger partial charge in [0, 0.05) is 31.0 Å². The predicted molar refractivity (Wildman–Crippen MR) is 111 cm³/mol. The fourth-order valence-corrected chi connectivity index (χ4v) is 2.74. The van der Waals surface area contributed by atoms with Crippen molar-refractivity contribution in [2.75, 3.05) is 23.3 Å². The number of halogens is 1. The molecule has 0 heterocycles. The van der Waals surface area contributed by atoms with Gasteiger partial charge in [-0.3, -0.25) is 9.59 Å². The summed E-state index contributed by atoms with van der Waals surface area (Å²) >= 11 is 0. The molecular weight excluding hydrogens is 357 g/mol. The highest BCUT2D eigenvalue weighted by molar-refractivity contribution is 6.09. The van der Waals surface area contributed by atoms with Crippen molar-refractivity contribution in [1.29, 1.82) is 0 Å². The Kier molecular flexibility index (Phi) is 7.15. The lowest BCUT2D eigenvalue weighted by molar-refractivity contribution is -0.138. The first kappa shape index (κ1) is 21.4. The van der Waals surface area contributed by atoms with Gasteiger partial charge < -0.3 is 15.5 Å². The van der Waals surface area contributed by atoms with Crippen LogP contribution in [0, 0.1) is 11.2 Å². The molecule has 0 spiro atoms. The van der Waals surface area contributed by atoms with Crippen molar-refractivity contribution >= 4 is 23.2 Å². The highest BCUT2D eigenvalue weighted by atomic mass is 19.1. The van der Waals surface area contributed by atoms with Crippen molar-refractivity contribution in [2.45, 2.75) is 34.2 Å². The second-order valence-corrected chi connectivity index (χ2v) is 7.11. The lowest BCUT2D eigenvalue weighted by atomic mass is 9.90. The van der Waals surface area contributed by atoms with Crippen LogP contribution in [0.4, 0.5) is 15.8 Å². The van der Waals surface area contributed by atoms with Gasteiger partial charge in [-0.25, -0.2) is 4.39 Å². The molecule has 0 unspecified atom stereocenters. The third-order valence-corrected chi connectivity index (χ3v) is 4.76. The van der Waals surface area contributed by atoms with Crippen LogP contribution in [-0.2, 0) is 16.1 Å². The molecule has 2 rings (SSSR count). The molecule has 0 fully saturated rings. The molecule has 0 atom stereocenters. The van der Waals surface area contributed by atoms with E-state index in [1.54, 1.807) is 26.0 Å². The summed E-state index contributed by atoms with van der Waals surface area (Å²) in [6.45, 7) is 9.37. The molecule has 5 nitrogen and oxygen atoms in total. The topological polar surface area (TPSA) is 61.4 Å². The minimum Gasteiger partial charge on any atom is -0.372 e. The van der Waals surface area contributed by atoms with E-state index in [0.29, 0.717) is 5.69 Å². The quantitative estimate of drug-likeness (QED) is 0.677. The van der Waals surface area contributed by atoms with E-state index in [2.05, 4.69) is 29.4 Å². The number of carbonyl (C=O) groups excluding carboxylic acids is 2. The first-order valence-corrected chi connectivity index (χ1v) is 9.47. The Hall–Kier alpha value is -2.89. The SMILES string of the molecule is CCN(CC)c1ccc(NC(=O)C(C)(C)C(=O)NCc2ccc(F)cc2)cc1. The van der Waals surface area contributed by atoms with Crippen molar-refractivity contribution < 1.29 is 14.0 Å². The van der Waals surface area contributed by atoms with E-state index < -0.39 is 11.3 Å². The Labute approximate surface area is 165 Å². The van der Waals surface area contributed by atoms with E-state index >= 15 is 0 Å². The first-order valence-electron chi connectivity index (χ1n) is 9.47. The third kappa shape index (κ3) is 5.31. The molecule has 0 saturated carbocycles. The number of nitrogens with zero attached hydrogens (tertiary/aromatic N) is 1. The number of hydrogen-bond donors (Lipinski definition) is 2. The largest absolute Gasteiger partial charge is 0.372 e. The van der Waals surface area contributed by atoms with E-state index in [1.165, 1.54) is 12.1 Å². The van der Waals surface area contributed by atoms with Gasteiger partial charge >= 0.3 is 0 Å². The van der Waals surface area contributed by atoms with Crippen LogP contribution in [0.25, 0.3) is 0 Å². The Bertz CT molecular complexity index is 798. The Balaban J connectivity index is 1.97. The van der Waals surface area contributed by atoms with E-state index in [0.717, 1.165) is 24.3 Å². The van der Waals surface area contributed by atoms with Crippen LogP contribution in [0.15, 0.2) is 48.5 Å². The Morgan fingerprint density at radius 3 is 2.04 bits per heavy atom. The molecule has 0 radical (unpaired) electrons. The minimum atomic E-state index is -1.25. The number of benzene rings is 2. The van der Waals surface area contributed by atoms with Crippen LogP contribution in [0.3, 0.4) is 0 Å². The standard InChI is InChI=1S/C22H28FN3O2/c1-5-26(6-2)19-13-11-18(12-14-19)25-21(28)22(3,4)20(27)24-15-16-7-9-17(23)10-8-16/h7-14H,5-6,15H2,1-4H3,(H,24,27)(H,25,28). The normalized spacial score (nSPS) is 11.0. The van der Waals surface area contributed by atoms with E-state index in [-0.39, 0.29) is 18.3 Å². The van der Waals surface area contributed by atoms with Crippen molar-refractivity contribution in [3.63, 3.8) is 0 Å². The summed E-state index contributed by atoms with van der Waals surface area (Å²) in [5.74, 6) is -1.12. The lowest BCUT2D eigenvalue weighted by Gasteiger charge is -2.24. The smallest absolute Gasteiger partial charge is 0.239 e. The molecule has 0 aliphatic carbocycles. The van der Waals surface area contributed by atoms with Gasteiger partial charge in [0.05, 0.1) is 0 Å². The maximum atomic E-state index is 13.0.